The molecule has 0 aliphatic carbocycles. The first-order valence-corrected chi connectivity index (χ1v) is 9.25. The van der Waals surface area contributed by atoms with E-state index in [9.17, 15) is 13.9 Å². The molecule has 7 nitrogen and oxygen atoms in total. The van der Waals surface area contributed by atoms with Gasteiger partial charge >= 0.3 is 5.92 Å². The summed E-state index contributed by atoms with van der Waals surface area (Å²) in [4.78, 5) is 3.72. The van der Waals surface area contributed by atoms with E-state index in [1.54, 1.807) is 30.3 Å². The van der Waals surface area contributed by atoms with Crippen molar-refractivity contribution in [3.05, 3.63) is 96.1 Å². The average molecular weight is 445 g/mol. The lowest BCUT2D eigenvalue weighted by atomic mass is 9.84. The van der Waals surface area contributed by atoms with Gasteiger partial charge in [0.15, 0.2) is 5.60 Å². The lowest BCUT2D eigenvalue weighted by molar-refractivity contribution is -0.207. The van der Waals surface area contributed by atoms with Crippen LogP contribution in [0, 0.1) is 11.6 Å². The second-order valence-corrected chi connectivity index (χ2v) is 6.86. The minimum absolute atomic E-state index is 0.174. The molecule has 164 valence electrons. The highest BCUT2D eigenvalue weighted by Crippen LogP contribution is 2.46. The molecule has 1 atom stereocenters. The Morgan fingerprint density at radius 1 is 0.969 bits per heavy atom. The lowest BCUT2D eigenvalue weighted by Gasteiger charge is -2.35. The van der Waals surface area contributed by atoms with Crippen molar-refractivity contribution in [2.24, 2.45) is 0 Å². The maximum atomic E-state index is 15.6. The molecule has 2 aromatic heterocycles. The number of pyridine rings is 1. The molecular formula is C21H15F4N5O2. The molecular weight excluding hydrogens is 430 g/mol. The van der Waals surface area contributed by atoms with Crippen molar-refractivity contribution in [3.63, 3.8) is 0 Å². The lowest BCUT2D eigenvalue weighted by Crippen LogP contribution is -2.48. The van der Waals surface area contributed by atoms with Gasteiger partial charge in [0.05, 0.1) is 12.7 Å². The van der Waals surface area contributed by atoms with Crippen LogP contribution in [0.3, 0.4) is 0 Å². The van der Waals surface area contributed by atoms with Crippen LogP contribution in [-0.4, -0.2) is 30.3 Å². The summed E-state index contributed by atoms with van der Waals surface area (Å²) >= 11 is 0. The highest BCUT2D eigenvalue weighted by molar-refractivity contribution is 5.34. The van der Waals surface area contributed by atoms with E-state index in [4.69, 9.17) is 4.74 Å². The molecule has 0 bridgehead atoms. The van der Waals surface area contributed by atoms with Crippen LogP contribution in [0.15, 0.2) is 73.2 Å². The minimum atomic E-state index is -4.14. The molecule has 2 heterocycles. The Kier molecular flexibility index (Phi) is 5.57. The van der Waals surface area contributed by atoms with E-state index in [-0.39, 0.29) is 5.75 Å². The van der Waals surface area contributed by atoms with Crippen molar-refractivity contribution < 1.29 is 27.4 Å². The number of alkyl halides is 2. The molecule has 4 aromatic rings. The quantitative estimate of drug-likeness (QED) is 0.436. The summed E-state index contributed by atoms with van der Waals surface area (Å²) in [5.74, 6) is -5.84. The van der Waals surface area contributed by atoms with Crippen LogP contribution in [0.2, 0.25) is 0 Å². The van der Waals surface area contributed by atoms with Crippen molar-refractivity contribution in [2.45, 2.75) is 18.1 Å². The number of aromatic nitrogens is 5. The minimum Gasteiger partial charge on any atom is -0.456 e. The van der Waals surface area contributed by atoms with Gasteiger partial charge < -0.3 is 9.84 Å². The topological polar surface area (TPSA) is 86.0 Å². The molecule has 0 spiro atoms. The number of hydrogen-bond acceptors (Lipinski definition) is 6. The van der Waals surface area contributed by atoms with Crippen LogP contribution < -0.4 is 4.74 Å². The summed E-state index contributed by atoms with van der Waals surface area (Å²) in [7, 11) is 0. The van der Waals surface area contributed by atoms with Crippen LogP contribution in [0.4, 0.5) is 17.6 Å². The Labute approximate surface area is 178 Å². The van der Waals surface area contributed by atoms with Crippen LogP contribution in [-0.2, 0) is 18.1 Å². The van der Waals surface area contributed by atoms with Gasteiger partial charge in [-0.3, -0.25) is 4.98 Å². The molecule has 2 aromatic carbocycles. The maximum Gasteiger partial charge on any atom is 0.323 e. The molecule has 0 saturated carbocycles. The standard InChI is InChI=1S/C21H15F4N5O2/c22-14-6-8-17(18(23)10-14)20(31,12-30-13-27-28-29-30)21(24,25)19-9-7-16(11-26-19)32-15-4-2-1-3-5-15/h1-11,13,31H,12H2. The van der Waals surface area contributed by atoms with E-state index in [0.717, 1.165) is 35.4 Å². The number of halogens is 4. The first-order valence-electron chi connectivity index (χ1n) is 9.25. The zero-order valence-corrected chi connectivity index (χ0v) is 16.2. The number of nitrogens with zero attached hydrogens (tertiary/aromatic N) is 5. The summed E-state index contributed by atoms with van der Waals surface area (Å²) in [5, 5.41) is 21.2. The summed E-state index contributed by atoms with van der Waals surface area (Å²) in [6.45, 7) is -0.931. The summed E-state index contributed by atoms with van der Waals surface area (Å²) in [6.07, 6.45) is 2.03. The second kappa shape index (κ2) is 8.35. The van der Waals surface area contributed by atoms with E-state index in [2.05, 4.69) is 20.5 Å². The number of rotatable bonds is 7. The molecule has 0 aliphatic rings. The van der Waals surface area contributed by atoms with Gasteiger partial charge in [-0.1, -0.05) is 18.2 Å². The summed E-state index contributed by atoms with van der Waals surface area (Å²) in [6, 6.07) is 12.7. The van der Waals surface area contributed by atoms with Gasteiger partial charge in [-0.2, -0.15) is 8.78 Å². The van der Waals surface area contributed by atoms with Gasteiger partial charge in [-0.25, -0.2) is 13.5 Å². The fourth-order valence-corrected chi connectivity index (χ4v) is 3.13. The Morgan fingerprint density at radius 2 is 1.75 bits per heavy atom. The van der Waals surface area contributed by atoms with Crippen molar-refractivity contribution in [1.82, 2.24) is 25.2 Å². The van der Waals surface area contributed by atoms with Crippen LogP contribution in [0.5, 0.6) is 11.5 Å². The largest absolute Gasteiger partial charge is 0.456 e. The van der Waals surface area contributed by atoms with E-state index >= 15 is 8.78 Å². The molecule has 0 aliphatic heterocycles. The third-order valence-electron chi connectivity index (χ3n) is 4.72. The Bertz CT molecular complexity index is 1190. The Hall–Kier alpha value is -3.86. The van der Waals surface area contributed by atoms with Gasteiger partial charge in [-0.15, -0.1) is 5.10 Å². The fraction of sp³-hybridized carbons (Fsp3) is 0.143. The smallest absolute Gasteiger partial charge is 0.323 e. The first-order chi connectivity index (χ1) is 15.3. The SMILES string of the molecule is OC(Cn1cnnn1)(c1ccc(F)cc1F)C(F)(F)c1ccc(Oc2ccccc2)cn1. The summed E-state index contributed by atoms with van der Waals surface area (Å²) < 4.78 is 65.5. The number of aliphatic hydroxyl groups is 1. The molecule has 0 radical (unpaired) electrons. The number of para-hydroxylation sites is 1. The van der Waals surface area contributed by atoms with Crippen molar-refractivity contribution >= 4 is 0 Å². The molecule has 4 rings (SSSR count). The number of ether oxygens (including phenoxy) is 1. The molecule has 0 fully saturated rings. The third kappa shape index (κ3) is 4.02. The van der Waals surface area contributed by atoms with E-state index in [1.165, 1.54) is 6.07 Å². The van der Waals surface area contributed by atoms with Gasteiger partial charge in [0, 0.05) is 11.6 Å². The van der Waals surface area contributed by atoms with Gasteiger partial charge in [0.2, 0.25) is 0 Å². The van der Waals surface area contributed by atoms with E-state index < -0.39 is 41.0 Å². The average Bonchev–Trinajstić information content (AvgIpc) is 3.27. The second-order valence-electron chi connectivity index (χ2n) is 6.86. The van der Waals surface area contributed by atoms with Crippen molar-refractivity contribution in [1.29, 1.82) is 0 Å². The number of hydrogen-bond donors (Lipinski definition) is 1. The molecule has 0 saturated heterocycles. The van der Waals surface area contributed by atoms with Gasteiger partial charge in [-0.05, 0) is 46.8 Å². The number of tetrazole rings is 1. The monoisotopic (exact) mass is 445 g/mol. The predicted molar refractivity (Wildman–Crippen MR) is 103 cm³/mol. The molecule has 1 unspecified atom stereocenters. The van der Waals surface area contributed by atoms with Crippen LogP contribution >= 0.6 is 0 Å². The number of benzene rings is 2. The third-order valence-corrected chi connectivity index (χ3v) is 4.72. The predicted octanol–water partition coefficient (Wildman–Crippen LogP) is 3.82. The van der Waals surface area contributed by atoms with E-state index in [0.29, 0.717) is 11.8 Å². The van der Waals surface area contributed by atoms with Gasteiger partial charge in [0.1, 0.15) is 35.2 Å². The Morgan fingerprint density at radius 3 is 2.38 bits per heavy atom. The Balaban J connectivity index is 1.72. The normalized spacial score (nSPS) is 13.5. The highest BCUT2D eigenvalue weighted by Gasteiger charge is 2.58. The van der Waals surface area contributed by atoms with Crippen molar-refractivity contribution in [2.75, 3.05) is 0 Å². The van der Waals surface area contributed by atoms with E-state index in [1.807, 2.05) is 0 Å². The zero-order chi connectivity index (χ0) is 22.8. The summed E-state index contributed by atoms with van der Waals surface area (Å²) in [5.41, 5.74) is -4.90. The molecule has 32 heavy (non-hydrogen) atoms. The molecule has 11 heteroatoms. The zero-order valence-electron chi connectivity index (χ0n) is 16.2. The molecule has 0 amide bonds. The maximum absolute atomic E-state index is 15.6. The van der Waals surface area contributed by atoms with Crippen LogP contribution in [0.25, 0.3) is 0 Å². The first kappa shape index (κ1) is 21.4. The fourth-order valence-electron chi connectivity index (χ4n) is 3.13. The van der Waals surface area contributed by atoms with Gasteiger partial charge in [0.25, 0.3) is 0 Å². The van der Waals surface area contributed by atoms with Crippen LogP contribution in [0.1, 0.15) is 11.3 Å². The van der Waals surface area contributed by atoms with Crippen molar-refractivity contribution in [3.8, 4) is 11.5 Å². The molecule has 1 N–H and O–H groups in total. The highest BCUT2D eigenvalue weighted by atomic mass is 19.3.